The molecule has 3 heteroatoms. The van der Waals surface area contributed by atoms with E-state index in [9.17, 15) is 0 Å². The van der Waals surface area contributed by atoms with E-state index >= 15 is 0 Å². The van der Waals surface area contributed by atoms with Gasteiger partial charge in [-0.3, -0.25) is 0 Å². The maximum absolute atomic E-state index is 6.35. The summed E-state index contributed by atoms with van der Waals surface area (Å²) in [5.74, 6) is 0.708. The van der Waals surface area contributed by atoms with E-state index in [1.54, 1.807) is 0 Å². The predicted molar refractivity (Wildman–Crippen MR) is 101 cm³/mol. The molecule has 0 saturated heterocycles. The second-order valence-corrected chi connectivity index (χ2v) is 6.17. The Morgan fingerprint density at radius 3 is 2.33 bits per heavy atom. The van der Waals surface area contributed by atoms with Crippen LogP contribution in [-0.2, 0) is 13.2 Å². The molecule has 0 aromatic heterocycles. The third-order valence-electron chi connectivity index (χ3n) is 3.78. The summed E-state index contributed by atoms with van der Waals surface area (Å²) >= 11 is 6.35. The Labute approximate surface area is 148 Å². The number of aryl methyl sites for hydroxylation is 1. The van der Waals surface area contributed by atoms with Crippen molar-refractivity contribution in [3.63, 3.8) is 0 Å². The molecule has 0 spiro atoms. The largest absolute Gasteiger partial charge is 0.487 e. The van der Waals surface area contributed by atoms with E-state index < -0.39 is 0 Å². The van der Waals surface area contributed by atoms with Gasteiger partial charge in [0.2, 0.25) is 0 Å². The monoisotopic (exact) mass is 337 g/mol. The highest BCUT2D eigenvalue weighted by Crippen LogP contribution is 2.26. The molecule has 0 aliphatic carbocycles. The molecular weight excluding hydrogens is 318 g/mol. The first-order valence-electron chi connectivity index (χ1n) is 7.96. The van der Waals surface area contributed by atoms with Gasteiger partial charge in [0, 0.05) is 12.2 Å². The third kappa shape index (κ3) is 4.53. The molecule has 0 aliphatic rings. The van der Waals surface area contributed by atoms with Gasteiger partial charge in [0.05, 0.1) is 5.02 Å². The fourth-order valence-electron chi connectivity index (χ4n) is 2.38. The van der Waals surface area contributed by atoms with Gasteiger partial charge in [0.25, 0.3) is 0 Å². The van der Waals surface area contributed by atoms with E-state index in [-0.39, 0.29) is 0 Å². The van der Waals surface area contributed by atoms with Crippen molar-refractivity contribution in [3.05, 3.63) is 94.5 Å². The lowest BCUT2D eigenvalue weighted by Crippen LogP contribution is -2.00. The Balaban J connectivity index is 1.58. The first-order chi connectivity index (χ1) is 11.7. The first-order valence-corrected chi connectivity index (χ1v) is 8.34. The van der Waals surface area contributed by atoms with E-state index in [0.29, 0.717) is 17.4 Å². The summed E-state index contributed by atoms with van der Waals surface area (Å²) in [6.07, 6.45) is 0. The minimum Gasteiger partial charge on any atom is -0.487 e. The molecule has 0 unspecified atom stereocenters. The smallest absolute Gasteiger partial charge is 0.138 e. The SMILES string of the molecule is Cc1ccc(NCc2ccc(OCc3ccccc3)c(Cl)c2)cc1. The van der Waals surface area contributed by atoms with Crippen LogP contribution in [0.3, 0.4) is 0 Å². The summed E-state index contributed by atoms with van der Waals surface area (Å²) in [5.41, 5.74) is 4.59. The number of benzene rings is 3. The molecule has 0 amide bonds. The maximum atomic E-state index is 6.35. The van der Waals surface area contributed by atoms with Crippen molar-refractivity contribution in [3.8, 4) is 5.75 Å². The Kier molecular flexibility index (Phi) is 5.39. The van der Waals surface area contributed by atoms with Gasteiger partial charge in [-0.05, 0) is 42.3 Å². The molecule has 0 heterocycles. The average Bonchev–Trinajstić information content (AvgIpc) is 2.61. The number of ether oxygens (including phenoxy) is 1. The predicted octanol–water partition coefficient (Wildman–Crippen LogP) is 5.84. The highest BCUT2D eigenvalue weighted by atomic mass is 35.5. The normalized spacial score (nSPS) is 10.4. The molecule has 0 radical (unpaired) electrons. The maximum Gasteiger partial charge on any atom is 0.138 e. The lowest BCUT2D eigenvalue weighted by molar-refractivity contribution is 0.306. The number of nitrogens with one attached hydrogen (secondary N) is 1. The Bertz CT molecular complexity index is 785. The van der Waals surface area contributed by atoms with Crippen molar-refractivity contribution in [2.24, 2.45) is 0 Å². The summed E-state index contributed by atoms with van der Waals surface area (Å²) in [6, 6.07) is 24.3. The molecule has 3 aromatic rings. The second-order valence-electron chi connectivity index (χ2n) is 5.76. The Hall–Kier alpha value is -2.45. The molecule has 1 N–H and O–H groups in total. The Morgan fingerprint density at radius 1 is 0.875 bits per heavy atom. The van der Waals surface area contributed by atoms with E-state index in [2.05, 4.69) is 36.5 Å². The van der Waals surface area contributed by atoms with Crippen LogP contribution >= 0.6 is 11.6 Å². The van der Waals surface area contributed by atoms with Crippen molar-refractivity contribution >= 4 is 17.3 Å². The van der Waals surface area contributed by atoms with E-state index in [4.69, 9.17) is 16.3 Å². The molecule has 122 valence electrons. The van der Waals surface area contributed by atoms with Gasteiger partial charge in [0.1, 0.15) is 12.4 Å². The molecule has 3 rings (SSSR count). The van der Waals surface area contributed by atoms with Gasteiger partial charge in [-0.2, -0.15) is 0 Å². The van der Waals surface area contributed by atoms with Crippen LogP contribution in [-0.4, -0.2) is 0 Å². The van der Waals surface area contributed by atoms with Crippen molar-refractivity contribution in [2.45, 2.75) is 20.1 Å². The van der Waals surface area contributed by atoms with Crippen LogP contribution in [0.25, 0.3) is 0 Å². The van der Waals surface area contributed by atoms with Crippen LogP contribution in [0.4, 0.5) is 5.69 Å². The van der Waals surface area contributed by atoms with Crippen LogP contribution < -0.4 is 10.1 Å². The topological polar surface area (TPSA) is 21.3 Å². The van der Waals surface area contributed by atoms with Crippen LogP contribution in [0.1, 0.15) is 16.7 Å². The number of halogens is 1. The minimum absolute atomic E-state index is 0.515. The number of anilines is 1. The van der Waals surface area contributed by atoms with Crippen molar-refractivity contribution in [2.75, 3.05) is 5.32 Å². The number of rotatable bonds is 6. The lowest BCUT2D eigenvalue weighted by Gasteiger charge is -2.11. The van der Waals surface area contributed by atoms with Gasteiger partial charge in [-0.1, -0.05) is 65.7 Å². The minimum atomic E-state index is 0.515. The molecule has 2 nitrogen and oxygen atoms in total. The molecule has 0 aliphatic heterocycles. The van der Waals surface area contributed by atoms with Crippen LogP contribution in [0.2, 0.25) is 5.02 Å². The average molecular weight is 338 g/mol. The first kappa shape index (κ1) is 16.4. The summed E-state index contributed by atoms with van der Waals surface area (Å²) in [6.45, 7) is 3.32. The Morgan fingerprint density at radius 2 is 1.62 bits per heavy atom. The molecule has 0 bridgehead atoms. The van der Waals surface area contributed by atoms with Gasteiger partial charge in [-0.15, -0.1) is 0 Å². The van der Waals surface area contributed by atoms with E-state index in [0.717, 1.165) is 23.4 Å². The second kappa shape index (κ2) is 7.89. The summed E-state index contributed by atoms with van der Waals surface area (Å²) in [5, 5.41) is 4.03. The van der Waals surface area contributed by atoms with Crippen LogP contribution in [0.5, 0.6) is 5.75 Å². The fraction of sp³-hybridized carbons (Fsp3) is 0.143. The molecule has 24 heavy (non-hydrogen) atoms. The molecule has 0 saturated carbocycles. The molecule has 0 atom stereocenters. The zero-order valence-electron chi connectivity index (χ0n) is 13.6. The molecule has 3 aromatic carbocycles. The summed E-state index contributed by atoms with van der Waals surface area (Å²) in [7, 11) is 0. The van der Waals surface area contributed by atoms with Gasteiger partial charge in [-0.25, -0.2) is 0 Å². The van der Waals surface area contributed by atoms with Crippen LogP contribution in [0.15, 0.2) is 72.8 Å². The van der Waals surface area contributed by atoms with Gasteiger partial charge >= 0.3 is 0 Å². The van der Waals surface area contributed by atoms with Crippen molar-refractivity contribution in [1.82, 2.24) is 0 Å². The highest BCUT2D eigenvalue weighted by Gasteiger charge is 2.04. The van der Waals surface area contributed by atoms with Gasteiger partial charge in [0.15, 0.2) is 0 Å². The molecular formula is C21H20ClNO. The van der Waals surface area contributed by atoms with Crippen LogP contribution in [0, 0.1) is 6.92 Å². The number of hydrogen-bond acceptors (Lipinski definition) is 2. The zero-order chi connectivity index (χ0) is 16.8. The third-order valence-corrected chi connectivity index (χ3v) is 4.08. The number of hydrogen-bond donors (Lipinski definition) is 1. The van der Waals surface area contributed by atoms with Crippen molar-refractivity contribution in [1.29, 1.82) is 0 Å². The van der Waals surface area contributed by atoms with E-state index in [1.165, 1.54) is 5.56 Å². The van der Waals surface area contributed by atoms with Gasteiger partial charge < -0.3 is 10.1 Å². The fourth-order valence-corrected chi connectivity index (χ4v) is 2.64. The van der Waals surface area contributed by atoms with Crippen molar-refractivity contribution < 1.29 is 4.74 Å². The highest BCUT2D eigenvalue weighted by molar-refractivity contribution is 6.32. The lowest BCUT2D eigenvalue weighted by atomic mass is 10.2. The van der Waals surface area contributed by atoms with E-state index in [1.807, 2.05) is 48.5 Å². The standard InChI is InChI=1S/C21H20ClNO/c1-16-7-10-19(11-8-16)23-14-18-9-12-21(20(22)13-18)24-15-17-5-3-2-4-6-17/h2-13,23H,14-15H2,1H3. The quantitative estimate of drug-likeness (QED) is 0.610. The zero-order valence-corrected chi connectivity index (χ0v) is 14.4. The molecule has 0 fully saturated rings. The summed E-state index contributed by atoms with van der Waals surface area (Å²) < 4.78 is 5.80. The summed E-state index contributed by atoms with van der Waals surface area (Å²) in [4.78, 5) is 0.